The fraction of sp³-hybridized carbons (Fsp3) is 0.800. The smallest absolute Gasteiger partial charge is 0.308 e. The van der Waals surface area contributed by atoms with Crippen LogP contribution in [0.5, 0.6) is 0 Å². The van der Waals surface area contributed by atoms with Crippen molar-refractivity contribution in [1.29, 1.82) is 0 Å². The molecule has 0 aromatic heterocycles. The van der Waals surface area contributed by atoms with Crippen LogP contribution in [0, 0.1) is 5.41 Å². The maximum absolute atomic E-state index is 11.9. The summed E-state index contributed by atoms with van der Waals surface area (Å²) in [6.07, 6.45) is 2.88. The Hall–Kier alpha value is -0.830. The molecule has 0 bridgehead atoms. The van der Waals surface area contributed by atoms with Gasteiger partial charge < -0.3 is 9.47 Å². The molecule has 0 aromatic rings. The molecule has 1 rings (SSSR count). The lowest BCUT2D eigenvalue weighted by Gasteiger charge is -2.26. The van der Waals surface area contributed by atoms with E-state index in [1.54, 1.807) is 0 Å². The highest BCUT2D eigenvalue weighted by molar-refractivity contribution is 5.70. The molecular formula is C15H26O3. The summed E-state index contributed by atoms with van der Waals surface area (Å²) < 4.78 is 11.3. The second-order valence-corrected chi connectivity index (χ2v) is 7.08. The third-order valence-corrected chi connectivity index (χ3v) is 3.29. The maximum atomic E-state index is 11.9. The lowest BCUT2D eigenvalue weighted by Crippen LogP contribution is -2.31. The SMILES string of the molecule is C=CC1(C)CC(C)(C)C(CC(=O)OC(C)(C)C)O1. The van der Waals surface area contributed by atoms with Gasteiger partial charge in [-0.3, -0.25) is 4.79 Å². The second-order valence-electron chi connectivity index (χ2n) is 7.08. The van der Waals surface area contributed by atoms with Crippen molar-refractivity contribution >= 4 is 5.97 Å². The molecule has 104 valence electrons. The molecule has 3 heteroatoms. The minimum Gasteiger partial charge on any atom is -0.460 e. The van der Waals surface area contributed by atoms with E-state index >= 15 is 0 Å². The first-order valence-electron chi connectivity index (χ1n) is 6.51. The van der Waals surface area contributed by atoms with E-state index in [-0.39, 0.29) is 23.1 Å². The average Bonchev–Trinajstić information content (AvgIpc) is 2.34. The second kappa shape index (κ2) is 4.69. The number of hydrogen-bond donors (Lipinski definition) is 0. The summed E-state index contributed by atoms with van der Waals surface area (Å²) >= 11 is 0. The molecule has 0 aliphatic carbocycles. The van der Waals surface area contributed by atoms with Crippen molar-refractivity contribution in [2.24, 2.45) is 5.41 Å². The van der Waals surface area contributed by atoms with Crippen molar-refractivity contribution in [3.63, 3.8) is 0 Å². The standard InChI is InChI=1S/C15H26O3/c1-8-15(7)10-14(5,6)11(17-15)9-12(16)18-13(2,3)4/h8,11H,1,9-10H2,2-7H3. The molecule has 1 fully saturated rings. The highest BCUT2D eigenvalue weighted by Crippen LogP contribution is 2.45. The van der Waals surface area contributed by atoms with Crippen LogP contribution in [0.25, 0.3) is 0 Å². The number of carbonyl (C=O) groups is 1. The number of hydrogen-bond acceptors (Lipinski definition) is 3. The highest BCUT2D eigenvalue weighted by Gasteiger charge is 2.47. The third-order valence-electron chi connectivity index (χ3n) is 3.29. The zero-order valence-corrected chi connectivity index (χ0v) is 12.5. The first kappa shape index (κ1) is 15.2. The fourth-order valence-electron chi connectivity index (χ4n) is 2.52. The van der Waals surface area contributed by atoms with Gasteiger partial charge in [0, 0.05) is 0 Å². The Morgan fingerprint density at radius 1 is 1.44 bits per heavy atom. The Kier molecular flexibility index (Phi) is 3.97. The van der Waals surface area contributed by atoms with Gasteiger partial charge in [0.25, 0.3) is 0 Å². The van der Waals surface area contributed by atoms with Crippen molar-refractivity contribution in [1.82, 2.24) is 0 Å². The largest absolute Gasteiger partial charge is 0.460 e. The summed E-state index contributed by atoms with van der Waals surface area (Å²) in [5, 5.41) is 0. The van der Waals surface area contributed by atoms with Crippen LogP contribution in [0.4, 0.5) is 0 Å². The summed E-state index contributed by atoms with van der Waals surface area (Å²) in [5.74, 6) is -0.200. The van der Waals surface area contributed by atoms with Crippen molar-refractivity contribution in [2.45, 2.75) is 71.7 Å². The summed E-state index contributed by atoms with van der Waals surface area (Å²) in [6.45, 7) is 15.7. The van der Waals surface area contributed by atoms with E-state index in [0.717, 1.165) is 6.42 Å². The van der Waals surface area contributed by atoms with Crippen LogP contribution in [0.2, 0.25) is 0 Å². The lowest BCUT2D eigenvalue weighted by atomic mass is 9.80. The van der Waals surface area contributed by atoms with Gasteiger partial charge >= 0.3 is 5.97 Å². The average molecular weight is 254 g/mol. The first-order chi connectivity index (χ1) is 7.97. The van der Waals surface area contributed by atoms with Crippen LogP contribution in [0.15, 0.2) is 12.7 Å². The molecule has 18 heavy (non-hydrogen) atoms. The van der Waals surface area contributed by atoms with Gasteiger partial charge in [-0.2, -0.15) is 0 Å². The Bertz CT molecular complexity index is 338. The Labute approximate surface area is 111 Å². The van der Waals surface area contributed by atoms with Crippen LogP contribution in [0.3, 0.4) is 0 Å². The van der Waals surface area contributed by atoms with Crippen LogP contribution in [-0.2, 0) is 14.3 Å². The maximum Gasteiger partial charge on any atom is 0.308 e. The third kappa shape index (κ3) is 3.84. The van der Waals surface area contributed by atoms with E-state index in [2.05, 4.69) is 20.4 Å². The van der Waals surface area contributed by atoms with Gasteiger partial charge in [-0.05, 0) is 39.5 Å². The molecule has 0 spiro atoms. The molecule has 1 aliphatic rings. The van der Waals surface area contributed by atoms with Crippen LogP contribution >= 0.6 is 0 Å². The predicted octanol–water partition coefficient (Wildman–Crippen LogP) is 3.48. The van der Waals surface area contributed by atoms with Gasteiger partial charge in [-0.25, -0.2) is 0 Å². The van der Waals surface area contributed by atoms with E-state index in [1.165, 1.54) is 0 Å². The number of carbonyl (C=O) groups excluding carboxylic acids is 1. The first-order valence-corrected chi connectivity index (χ1v) is 6.51. The molecule has 0 radical (unpaired) electrons. The van der Waals surface area contributed by atoms with E-state index in [4.69, 9.17) is 9.47 Å². The highest BCUT2D eigenvalue weighted by atomic mass is 16.6. The van der Waals surface area contributed by atoms with E-state index in [1.807, 2.05) is 33.8 Å². The molecule has 1 heterocycles. The van der Waals surface area contributed by atoms with Gasteiger partial charge in [0.2, 0.25) is 0 Å². The monoisotopic (exact) mass is 254 g/mol. The van der Waals surface area contributed by atoms with Crippen molar-refractivity contribution in [2.75, 3.05) is 0 Å². The molecule has 2 atom stereocenters. The Morgan fingerprint density at radius 2 is 2.00 bits per heavy atom. The zero-order chi connectivity index (χ0) is 14.2. The number of rotatable bonds is 3. The van der Waals surface area contributed by atoms with Gasteiger partial charge in [0.1, 0.15) is 5.60 Å². The topological polar surface area (TPSA) is 35.5 Å². The van der Waals surface area contributed by atoms with Gasteiger partial charge in [-0.15, -0.1) is 6.58 Å². The van der Waals surface area contributed by atoms with Gasteiger partial charge in [0.05, 0.1) is 18.1 Å². The summed E-state index contributed by atoms with van der Waals surface area (Å²) in [7, 11) is 0. The summed E-state index contributed by atoms with van der Waals surface area (Å²) in [5.41, 5.74) is -0.822. The molecule has 0 aromatic carbocycles. The quantitative estimate of drug-likeness (QED) is 0.571. The van der Waals surface area contributed by atoms with E-state index in [9.17, 15) is 4.79 Å². The van der Waals surface area contributed by atoms with Crippen LogP contribution < -0.4 is 0 Å². The minimum absolute atomic E-state index is 0.0418. The van der Waals surface area contributed by atoms with Crippen molar-refractivity contribution in [3.8, 4) is 0 Å². The molecule has 0 amide bonds. The molecule has 3 nitrogen and oxygen atoms in total. The molecular weight excluding hydrogens is 228 g/mol. The summed E-state index contributed by atoms with van der Waals surface area (Å²) in [4.78, 5) is 11.9. The Morgan fingerprint density at radius 3 is 2.39 bits per heavy atom. The van der Waals surface area contributed by atoms with Gasteiger partial charge in [-0.1, -0.05) is 19.9 Å². The predicted molar refractivity (Wildman–Crippen MR) is 72.3 cm³/mol. The molecule has 2 unspecified atom stereocenters. The van der Waals surface area contributed by atoms with Crippen LogP contribution in [-0.4, -0.2) is 23.3 Å². The molecule has 1 aliphatic heterocycles. The number of ether oxygens (including phenoxy) is 2. The van der Waals surface area contributed by atoms with Crippen molar-refractivity contribution in [3.05, 3.63) is 12.7 Å². The van der Waals surface area contributed by atoms with Crippen LogP contribution in [0.1, 0.15) is 54.4 Å². The zero-order valence-electron chi connectivity index (χ0n) is 12.5. The fourth-order valence-corrected chi connectivity index (χ4v) is 2.52. The molecule has 0 N–H and O–H groups in total. The number of esters is 1. The van der Waals surface area contributed by atoms with Crippen molar-refractivity contribution < 1.29 is 14.3 Å². The molecule has 1 saturated heterocycles. The van der Waals surface area contributed by atoms with Gasteiger partial charge in [0.15, 0.2) is 0 Å². The minimum atomic E-state index is -0.443. The Balaban J connectivity index is 2.68. The molecule has 0 saturated carbocycles. The van der Waals surface area contributed by atoms with E-state index < -0.39 is 5.60 Å². The lowest BCUT2D eigenvalue weighted by molar-refractivity contribution is -0.159. The summed E-state index contributed by atoms with van der Waals surface area (Å²) in [6, 6.07) is 0. The van der Waals surface area contributed by atoms with E-state index in [0.29, 0.717) is 6.42 Å². The normalized spacial score (nSPS) is 31.1.